The molecule has 4 heterocycles. The number of aryl methyl sites for hydroxylation is 1. The summed E-state index contributed by atoms with van der Waals surface area (Å²) in [5.41, 5.74) is 9.48. The number of piperidine rings is 1. The predicted octanol–water partition coefficient (Wildman–Crippen LogP) is 5.71. The molecule has 0 aliphatic carbocycles. The molecule has 0 unspecified atom stereocenters. The molecule has 4 aromatic rings. The molecular formula is C30H40N6O. The lowest BCUT2D eigenvalue weighted by molar-refractivity contribution is -0.131. The molecule has 1 fully saturated rings. The van der Waals surface area contributed by atoms with Crippen LogP contribution in [-0.2, 0) is 4.79 Å². The lowest BCUT2D eigenvalue weighted by Crippen LogP contribution is -2.47. The highest BCUT2D eigenvalue weighted by Crippen LogP contribution is 2.39. The number of H-pyrrole nitrogens is 1. The van der Waals surface area contributed by atoms with Crippen molar-refractivity contribution in [2.24, 2.45) is 0 Å². The summed E-state index contributed by atoms with van der Waals surface area (Å²) >= 11 is 0. The second-order valence-corrected chi connectivity index (χ2v) is 12.0. The predicted molar refractivity (Wildman–Crippen MR) is 150 cm³/mol. The Morgan fingerprint density at radius 1 is 1.16 bits per heavy atom. The van der Waals surface area contributed by atoms with Crippen LogP contribution in [0.15, 0.2) is 30.7 Å². The van der Waals surface area contributed by atoms with E-state index in [9.17, 15) is 4.79 Å². The molecule has 2 N–H and O–H groups in total. The highest BCUT2D eigenvalue weighted by atomic mass is 16.2. The van der Waals surface area contributed by atoms with Crippen molar-refractivity contribution < 1.29 is 4.79 Å². The van der Waals surface area contributed by atoms with Gasteiger partial charge in [-0.15, -0.1) is 0 Å². The third-order valence-corrected chi connectivity index (χ3v) is 7.92. The summed E-state index contributed by atoms with van der Waals surface area (Å²) in [6.07, 6.45) is 5.72. The van der Waals surface area contributed by atoms with Gasteiger partial charge in [0.05, 0.1) is 12.2 Å². The number of rotatable bonds is 5. The lowest BCUT2D eigenvalue weighted by Gasteiger charge is -2.33. The smallest absolute Gasteiger partial charge is 0.236 e. The Bertz CT molecular complexity index is 1450. The van der Waals surface area contributed by atoms with E-state index in [1.165, 1.54) is 38.9 Å². The van der Waals surface area contributed by atoms with Gasteiger partial charge < -0.3 is 15.2 Å². The molecule has 1 amide bonds. The van der Waals surface area contributed by atoms with Gasteiger partial charge in [-0.05, 0) is 93.7 Å². The lowest BCUT2D eigenvalue weighted by atomic mass is 9.87. The van der Waals surface area contributed by atoms with E-state index < -0.39 is 0 Å². The molecule has 0 spiro atoms. The molecule has 37 heavy (non-hydrogen) atoms. The summed E-state index contributed by atoms with van der Waals surface area (Å²) < 4.78 is 1.88. The fraction of sp³-hybridized carbons (Fsp3) is 0.500. The third kappa shape index (κ3) is 4.89. The summed E-state index contributed by atoms with van der Waals surface area (Å²) in [5, 5.41) is 9.04. The number of pyridine rings is 1. The number of carbonyl (C=O) groups excluding carboxylic acids is 1. The third-order valence-electron chi connectivity index (χ3n) is 7.92. The number of aromatic amines is 1. The van der Waals surface area contributed by atoms with Crippen molar-refractivity contribution in [2.75, 3.05) is 19.6 Å². The average molecular weight is 501 g/mol. The van der Waals surface area contributed by atoms with Gasteiger partial charge in [0.15, 0.2) is 5.65 Å². The molecule has 0 atom stereocenters. The first-order chi connectivity index (χ1) is 17.5. The van der Waals surface area contributed by atoms with E-state index in [4.69, 9.17) is 0 Å². The monoisotopic (exact) mass is 500 g/mol. The Morgan fingerprint density at radius 2 is 1.89 bits per heavy atom. The molecule has 196 valence electrons. The van der Waals surface area contributed by atoms with Gasteiger partial charge in [-0.1, -0.05) is 19.9 Å². The molecule has 5 rings (SSSR count). The first kappa shape index (κ1) is 25.5. The molecule has 7 nitrogen and oxygen atoms in total. The highest BCUT2D eigenvalue weighted by Gasteiger charge is 2.26. The van der Waals surface area contributed by atoms with E-state index >= 15 is 0 Å². The molecule has 0 radical (unpaired) electrons. The minimum atomic E-state index is -0.0504. The van der Waals surface area contributed by atoms with Gasteiger partial charge >= 0.3 is 0 Å². The van der Waals surface area contributed by atoms with Gasteiger partial charge in [0.2, 0.25) is 5.91 Å². The van der Waals surface area contributed by atoms with Crippen molar-refractivity contribution >= 4 is 22.5 Å². The topological polar surface area (TPSA) is 78.3 Å². The van der Waals surface area contributed by atoms with E-state index in [2.05, 4.69) is 93.2 Å². The zero-order valence-corrected chi connectivity index (χ0v) is 23.3. The second kappa shape index (κ2) is 9.60. The van der Waals surface area contributed by atoms with Crippen molar-refractivity contribution in [3.63, 3.8) is 0 Å². The summed E-state index contributed by atoms with van der Waals surface area (Å²) in [4.78, 5) is 22.9. The molecule has 1 aliphatic rings. The van der Waals surface area contributed by atoms with E-state index in [0.29, 0.717) is 18.4 Å². The van der Waals surface area contributed by atoms with Crippen LogP contribution in [0.2, 0.25) is 0 Å². The Balaban J connectivity index is 1.43. The standard InChI is InChI=1S/C30H40N6O/c1-18(2)27-23-14-22(21-10-12-35(13-11-21)26(37)15-32-30(5,6)7)8-9-25(23)34-28(27)24-16-36-29(31-17-33-36)20(4)19(24)3/h8-9,14,16-18,21,32,34H,10-13,15H2,1-7H3. The van der Waals surface area contributed by atoms with Crippen LogP contribution >= 0.6 is 0 Å². The van der Waals surface area contributed by atoms with E-state index in [1.807, 2.05) is 9.42 Å². The molecule has 1 aliphatic heterocycles. The van der Waals surface area contributed by atoms with Crippen LogP contribution in [0.1, 0.15) is 81.5 Å². The quantitative estimate of drug-likeness (QED) is 0.368. The fourth-order valence-electron chi connectivity index (χ4n) is 5.67. The van der Waals surface area contributed by atoms with Crippen molar-refractivity contribution in [3.8, 4) is 11.3 Å². The fourth-order valence-corrected chi connectivity index (χ4v) is 5.67. The number of hydrogen-bond acceptors (Lipinski definition) is 4. The van der Waals surface area contributed by atoms with Crippen molar-refractivity contribution in [1.82, 2.24) is 29.8 Å². The number of nitrogens with one attached hydrogen (secondary N) is 2. The summed E-state index contributed by atoms with van der Waals surface area (Å²) in [6, 6.07) is 6.90. The Kier molecular flexibility index (Phi) is 6.61. The number of benzene rings is 1. The highest BCUT2D eigenvalue weighted by molar-refractivity contribution is 5.92. The number of fused-ring (bicyclic) bond motifs is 2. The maximum Gasteiger partial charge on any atom is 0.236 e. The second-order valence-electron chi connectivity index (χ2n) is 12.0. The minimum absolute atomic E-state index is 0.0504. The number of hydrogen-bond donors (Lipinski definition) is 2. The van der Waals surface area contributed by atoms with Gasteiger partial charge in [-0.25, -0.2) is 9.50 Å². The van der Waals surface area contributed by atoms with Crippen LogP contribution < -0.4 is 5.32 Å². The minimum Gasteiger partial charge on any atom is -0.354 e. The first-order valence-electron chi connectivity index (χ1n) is 13.5. The van der Waals surface area contributed by atoms with Gasteiger partial charge in [-0.3, -0.25) is 4.79 Å². The van der Waals surface area contributed by atoms with Gasteiger partial charge in [0.1, 0.15) is 6.33 Å². The van der Waals surface area contributed by atoms with E-state index in [-0.39, 0.29) is 11.4 Å². The summed E-state index contributed by atoms with van der Waals surface area (Å²) in [6.45, 7) is 17.2. The van der Waals surface area contributed by atoms with Gasteiger partial charge in [-0.2, -0.15) is 5.10 Å². The van der Waals surface area contributed by atoms with Gasteiger partial charge in [0.25, 0.3) is 0 Å². The Labute approximate surface area is 219 Å². The van der Waals surface area contributed by atoms with Crippen LogP contribution in [0.4, 0.5) is 0 Å². The zero-order chi connectivity index (χ0) is 26.5. The van der Waals surface area contributed by atoms with Crippen LogP contribution in [0.25, 0.3) is 27.8 Å². The zero-order valence-electron chi connectivity index (χ0n) is 23.3. The Morgan fingerprint density at radius 3 is 2.57 bits per heavy atom. The van der Waals surface area contributed by atoms with Crippen LogP contribution in [0.3, 0.4) is 0 Å². The normalized spacial score (nSPS) is 15.4. The molecule has 0 bridgehead atoms. The number of likely N-dealkylation sites (tertiary alicyclic amines) is 1. The summed E-state index contributed by atoms with van der Waals surface area (Å²) in [5.74, 6) is 1.04. The number of carbonyl (C=O) groups is 1. The number of nitrogens with zero attached hydrogens (tertiary/aromatic N) is 4. The average Bonchev–Trinajstić information content (AvgIpc) is 3.48. The molecule has 3 aromatic heterocycles. The maximum atomic E-state index is 12.7. The summed E-state index contributed by atoms with van der Waals surface area (Å²) in [7, 11) is 0. The molecule has 0 saturated carbocycles. The maximum absolute atomic E-state index is 12.7. The molecule has 1 aromatic carbocycles. The Hall–Kier alpha value is -3.19. The first-order valence-corrected chi connectivity index (χ1v) is 13.5. The SMILES string of the molecule is Cc1c(-c2[nH]c3ccc(C4CCN(C(=O)CNC(C)(C)C)CC4)cc3c2C(C)C)cn2ncnc2c1C. The van der Waals surface area contributed by atoms with E-state index in [1.54, 1.807) is 6.33 Å². The number of amides is 1. The van der Waals surface area contributed by atoms with E-state index in [0.717, 1.165) is 37.1 Å². The van der Waals surface area contributed by atoms with Crippen molar-refractivity contribution in [1.29, 1.82) is 0 Å². The largest absolute Gasteiger partial charge is 0.354 e. The van der Waals surface area contributed by atoms with Crippen LogP contribution in [0, 0.1) is 13.8 Å². The molecule has 1 saturated heterocycles. The van der Waals surface area contributed by atoms with Crippen molar-refractivity contribution in [2.45, 2.75) is 78.7 Å². The molecule has 7 heteroatoms. The van der Waals surface area contributed by atoms with Crippen molar-refractivity contribution in [3.05, 3.63) is 53.0 Å². The molecular weight excluding hydrogens is 460 g/mol. The van der Waals surface area contributed by atoms with Gasteiger partial charge in [0, 0.05) is 41.3 Å². The number of aromatic nitrogens is 4. The van der Waals surface area contributed by atoms with Crippen LogP contribution in [0.5, 0.6) is 0 Å². The van der Waals surface area contributed by atoms with Crippen LogP contribution in [-0.4, -0.2) is 55.6 Å².